The van der Waals surface area contributed by atoms with Crippen LogP contribution in [-0.2, 0) is 4.79 Å². The molecule has 6 heteroatoms. The summed E-state index contributed by atoms with van der Waals surface area (Å²) in [5.74, 6) is 0.314. The zero-order chi connectivity index (χ0) is 19.2. The van der Waals surface area contributed by atoms with Crippen LogP contribution in [0.15, 0.2) is 48.5 Å². The molecule has 1 heterocycles. The van der Waals surface area contributed by atoms with Gasteiger partial charge in [-0.05, 0) is 43.2 Å². The Hall–Kier alpha value is -3.33. The van der Waals surface area contributed by atoms with Crippen molar-refractivity contribution >= 4 is 17.5 Å². The lowest BCUT2D eigenvalue weighted by molar-refractivity contribution is -0.121. The summed E-state index contributed by atoms with van der Waals surface area (Å²) in [6.07, 6.45) is 1.20. The number of rotatable bonds is 4. The van der Waals surface area contributed by atoms with Gasteiger partial charge >= 0.3 is 0 Å². The van der Waals surface area contributed by atoms with Crippen molar-refractivity contribution < 1.29 is 14.3 Å². The van der Waals surface area contributed by atoms with Gasteiger partial charge in [0.2, 0.25) is 5.91 Å². The highest BCUT2D eigenvalue weighted by Gasteiger charge is 2.28. The highest BCUT2D eigenvalue weighted by molar-refractivity contribution is 5.96. The van der Waals surface area contributed by atoms with E-state index in [1.807, 2.05) is 18.2 Å². The first kappa shape index (κ1) is 18.5. The monoisotopic (exact) mass is 363 g/mol. The van der Waals surface area contributed by atoms with Crippen molar-refractivity contribution in [2.45, 2.75) is 12.8 Å². The fraction of sp³-hybridized carbons (Fsp3) is 0.286. The molecule has 0 aliphatic carbocycles. The summed E-state index contributed by atoms with van der Waals surface area (Å²) in [5, 5.41) is 11.9. The molecule has 1 saturated heterocycles. The van der Waals surface area contributed by atoms with Crippen molar-refractivity contribution in [2.24, 2.45) is 5.92 Å². The fourth-order valence-electron chi connectivity index (χ4n) is 3.23. The maximum absolute atomic E-state index is 12.6. The van der Waals surface area contributed by atoms with E-state index >= 15 is 0 Å². The minimum absolute atomic E-state index is 0.0573. The van der Waals surface area contributed by atoms with E-state index in [1.165, 1.54) is 0 Å². The summed E-state index contributed by atoms with van der Waals surface area (Å²) in [6.45, 7) is 1.03. The van der Waals surface area contributed by atoms with E-state index in [-0.39, 0.29) is 17.7 Å². The Kier molecular flexibility index (Phi) is 5.72. The maximum Gasteiger partial charge on any atom is 0.253 e. The van der Waals surface area contributed by atoms with Crippen LogP contribution in [-0.4, -0.2) is 36.9 Å². The van der Waals surface area contributed by atoms with Crippen LogP contribution < -0.4 is 10.1 Å². The van der Waals surface area contributed by atoms with Crippen LogP contribution in [0.2, 0.25) is 0 Å². The van der Waals surface area contributed by atoms with Crippen molar-refractivity contribution in [3.8, 4) is 11.8 Å². The predicted molar refractivity (Wildman–Crippen MR) is 101 cm³/mol. The Balaban J connectivity index is 1.59. The largest absolute Gasteiger partial charge is 0.495 e. The van der Waals surface area contributed by atoms with E-state index in [0.717, 1.165) is 0 Å². The number of para-hydroxylation sites is 2. The molecule has 138 valence electrons. The quantitative estimate of drug-likeness (QED) is 0.905. The number of piperidine rings is 1. The van der Waals surface area contributed by atoms with Crippen LogP contribution in [0.1, 0.15) is 28.8 Å². The molecule has 0 spiro atoms. The first-order valence-electron chi connectivity index (χ1n) is 8.85. The molecule has 2 aromatic rings. The zero-order valence-corrected chi connectivity index (χ0v) is 15.1. The van der Waals surface area contributed by atoms with E-state index in [2.05, 4.69) is 5.32 Å². The minimum Gasteiger partial charge on any atom is -0.495 e. The molecule has 2 amide bonds. The topological polar surface area (TPSA) is 82.4 Å². The Morgan fingerprint density at radius 1 is 1.15 bits per heavy atom. The van der Waals surface area contributed by atoms with E-state index in [1.54, 1.807) is 48.4 Å². The molecular formula is C21H21N3O3. The molecule has 0 bridgehead atoms. The molecule has 0 unspecified atom stereocenters. The van der Waals surface area contributed by atoms with E-state index in [9.17, 15) is 9.59 Å². The molecule has 0 atom stereocenters. The van der Waals surface area contributed by atoms with E-state index < -0.39 is 0 Å². The average Bonchev–Trinajstić information content (AvgIpc) is 2.73. The fourth-order valence-corrected chi connectivity index (χ4v) is 3.23. The molecule has 3 rings (SSSR count). The number of anilines is 1. The third kappa shape index (κ3) is 4.26. The van der Waals surface area contributed by atoms with Gasteiger partial charge in [0.05, 0.1) is 24.4 Å². The lowest BCUT2D eigenvalue weighted by Gasteiger charge is -2.31. The summed E-state index contributed by atoms with van der Waals surface area (Å²) in [6, 6.07) is 16.0. The highest BCUT2D eigenvalue weighted by atomic mass is 16.5. The number of likely N-dealkylation sites (tertiary alicyclic amines) is 1. The first-order chi connectivity index (χ1) is 13.1. The summed E-state index contributed by atoms with van der Waals surface area (Å²) in [4.78, 5) is 26.9. The number of hydrogen-bond donors (Lipinski definition) is 1. The van der Waals surface area contributed by atoms with Crippen LogP contribution in [0, 0.1) is 17.2 Å². The lowest BCUT2D eigenvalue weighted by Crippen LogP contribution is -2.41. The second kappa shape index (κ2) is 8.37. The number of ether oxygens (including phenoxy) is 1. The molecule has 2 aromatic carbocycles. The minimum atomic E-state index is -0.149. The number of carbonyl (C=O) groups is 2. The molecule has 6 nitrogen and oxygen atoms in total. The van der Waals surface area contributed by atoms with Crippen LogP contribution in [0.3, 0.4) is 0 Å². The van der Waals surface area contributed by atoms with Crippen LogP contribution >= 0.6 is 0 Å². The summed E-state index contributed by atoms with van der Waals surface area (Å²) in [7, 11) is 1.57. The third-order valence-corrected chi connectivity index (χ3v) is 4.76. The smallest absolute Gasteiger partial charge is 0.253 e. The van der Waals surface area contributed by atoms with Gasteiger partial charge in [0, 0.05) is 24.6 Å². The molecule has 27 heavy (non-hydrogen) atoms. The van der Waals surface area contributed by atoms with Gasteiger partial charge in [0.1, 0.15) is 5.75 Å². The molecule has 1 fully saturated rings. The summed E-state index contributed by atoms with van der Waals surface area (Å²) < 4.78 is 5.26. The molecule has 1 aliphatic rings. The Morgan fingerprint density at radius 3 is 2.59 bits per heavy atom. The third-order valence-electron chi connectivity index (χ3n) is 4.76. The number of nitrogens with zero attached hydrogens (tertiary/aromatic N) is 2. The van der Waals surface area contributed by atoms with Gasteiger partial charge in [-0.25, -0.2) is 0 Å². The average molecular weight is 363 g/mol. The van der Waals surface area contributed by atoms with Crippen LogP contribution in [0.25, 0.3) is 0 Å². The van der Waals surface area contributed by atoms with Gasteiger partial charge in [-0.1, -0.05) is 18.2 Å². The highest BCUT2D eigenvalue weighted by Crippen LogP contribution is 2.26. The Labute approximate surface area is 158 Å². The number of hydrogen-bond acceptors (Lipinski definition) is 4. The molecule has 0 aromatic heterocycles. The molecule has 1 N–H and O–H groups in total. The van der Waals surface area contributed by atoms with Gasteiger partial charge in [0.15, 0.2) is 0 Å². The van der Waals surface area contributed by atoms with Crippen molar-refractivity contribution in [1.29, 1.82) is 5.26 Å². The normalized spacial score (nSPS) is 14.3. The SMILES string of the molecule is COc1ccccc1NC(=O)C1CCN(C(=O)c2cccc(C#N)c2)CC1. The second-order valence-corrected chi connectivity index (χ2v) is 6.45. The maximum atomic E-state index is 12.6. The Bertz CT molecular complexity index is 880. The summed E-state index contributed by atoms with van der Waals surface area (Å²) >= 11 is 0. The van der Waals surface area contributed by atoms with Crippen molar-refractivity contribution in [3.05, 3.63) is 59.7 Å². The van der Waals surface area contributed by atoms with Gasteiger partial charge in [-0.15, -0.1) is 0 Å². The number of nitrogens with one attached hydrogen (secondary N) is 1. The standard InChI is InChI=1S/C21H21N3O3/c1-27-19-8-3-2-7-18(19)23-20(25)16-9-11-24(12-10-16)21(26)17-6-4-5-15(13-17)14-22/h2-8,13,16H,9-12H2,1H3,(H,23,25). The molecular weight excluding hydrogens is 342 g/mol. The van der Waals surface area contributed by atoms with Crippen molar-refractivity contribution in [3.63, 3.8) is 0 Å². The summed E-state index contributed by atoms with van der Waals surface area (Å²) in [5.41, 5.74) is 1.62. The lowest BCUT2D eigenvalue weighted by atomic mass is 9.95. The number of amides is 2. The number of benzene rings is 2. The zero-order valence-electron chi connectivity index (χ0n) is 15.1. The number of carbonyl (C=O) groups excluding carboxylic acids is 2. The van der Waals surface area contributed by atoms with Crippen molar-refractivity contribution in [2.75, 3.05) is 25.5 Å². The number of nitriles is 1. The number of methoxy groups -OCH3 is 1. The van der Waals surface area contributed by atoms with Gasteiger partial charge in [0.25, 0.3) is 5.91 Å². The molecule has 0 radical (unpaired) electrons. The van der Waals surface area contributed by atoms with Crippen LogP contribution in [0.5, 0.6) is 5.75 Å². The van der Waals surface area contributed by atoms with E-state index in [0.29, 0.717) is 48.5 Å². The first-order valence-corrected chi connectivity index (χ1v) is 8.85. The van der Waals surface area contributed by atoms with Crippen LogP contribution in [0.4, 0.5) is 5.69 Å². The predicted octanol–water partition coefficient (Wildman–Crippen LogP) is 3.06. The van der Waals surface area contributed by atoms with Crippen molar-refractivity contribution in [1.82, 2.24) is 4.90 Å². The van der Waals surface area contributed by atoms with Gasteiger partial charge in [-0.3, -0.25) is 9.59 Å². The van der Waals surface area contributed by atoms with Gasteiger partial charge < -0.3 is 15.0 Å². The van der Waals surface area contributed by atoms with Gasteiger partial charge in [-0.2, -0.15) is 5.26 Å². The second-order valence-electron chi connectivity index (χ2n) is 6.45. The van der Waals surface area contributed by atoms with E-state index in [4.69, 9.17) is 10.00 Å². The molecule has 0 saturated carbocycles. The molecule has 1 aliphatic heterocycles. The Morgan fingerprint density at radius 2 is 1.89 bits per heavy atom.